The van der Waals surface area contributed by atoms with Crippen LogP contribution < -0.4 is 0 Å². The second-order valence-corrected chi connectivity index (χ2v) is 7.06. The van der Waals surface area contributed by atoms with Crippen molar-refractivity contribution in [3.8, 4) is 0 Å². The molecule has 0 radical (unpaired) electrons. The Balaban J connectivity index is 2.07. The van der Waals surface area contributed by atoms with E-state index in [1.165, 1.54) is 0 Å². The summed E-state index contributed by atoms with van der Waals surface area (Å²) in [6.45, 7) is 6.69. The van der Waals surface area contributed by atoms with Gasteiger partial charge in [0.15, 0.2) is 0 Å². The van der Waals surface area contributed by atoms with Crippen LogP contribution in [0.4, 0.5) is 0 Å². The van der Waals surface area contributed by atoms with Gasteiger partial charge in [-0.2, -0.15) is 0 Å². The third-order valence-electron chi connectivity index (χ3n) is 5.01. The highest BCUT2D eigenvalue weighted by Crippen LogP contribution is 2.33. The number of rotatable bonds is 4. The average molecular weight is 347 g/mol. The number of amidine groups is 1. The Kier molecular flexibility index (Phi) is 5.27. The second kappa shape index (κ2) is 7.61. The number of hydrogen-bond acceptors (Lipinski definition) is 2. The molecule has 2 atom stereocenters. The molecule has 134 valence electrons. The lowest BCUT2D eigenvalue weighted by Gasteiger charge is -2.46. The van der Waals surface area contributed by atoms with Crippen LogP contribution in [0, 0.1) is 17.5 Å². The highest BCUT2D eigenvalue weighted by molar-refractivity contribution is 5.87. The molecular weight excluding hydrogens is 322 g/mol. The molecule has 1 saturated heterocycles. The van der Waals surface area contributed by atoms with Crippen LogP contribution in [0.1, 0.15) is 37.8 Å². The van der Waals surface area contributed by atoms with Crippen molar-refractivity contribution in [1.82, 2.24) is 9.80 Å². The molecular formula is C22H25N3O. The zero-order valence-corrected chi connectivity index (χ0v) is 15.6. The lowest BCUT2D eigenvalue weighted by atomic mass is 9.83. The molecule has 0 aromatic heterocycles. The predicted octanol–water partition coefficient (Wildman–Crippen LogP) is 3.34. The van der Waals surface area contributed by atoms with E-state index >= 15 is 0 Å². The summed E-state index contributed by atoms with van der Waals surface area (Å²) in [4.78, 5) is 16.4. The molecule has 1 N–H and O–H groups in total. The molecule has 1 amide bonds. The molecule has 0 bridgehead atoms. The molecule has 4 nitrogen and oxygen atoms in total. The standard InChI is InChI=1S/C22H25N3O/c1-16(2)24-14-20(25(17(3)23)15-21(24)26)22(18-10-6-4-7-11-18)19-12-8-5-9-13-19/h4-8,10-12,16,20,22-23H,14-15H2,1-3H3/t20-,22?/m1/s1. The van der Waals surface area contributed by atoms with E-state index in [4.69, 9.17) is 5.41 Å². The van der Waals surface area contributed by atoms with Gasteiger partial charge in [-0.3, -0.25) is 10.2 Å². The van der Waals surface area contributed by atoms with Gasteiger partial charge in [0.2, 0.25) is 5.91 Å². The summed E-state index contributed by atoms with van der Waals surface area (Å²) < 4.78 is 0. The van der Waals surface area contributed by atoms with E-state index in [1.54, 1.807) is 6.92 Å². The van der Waals surface area contributed by atoms with Crippen molar-refractivity contribution in [3.63, 3.8) is 0 Å². The summed E-state index contributed by atoms with van der Waals surface area (Å²) in [5.41, 5.74) is 2.20. The first-order chi connectivity index (χ1) is 12.5. The van der Waals surface area contributed by atoms with E-state index in [0.717, 1.165) is 11.1 Å². The number of piperazine rings is 1. The maximum Gasteiger partial charge on any atom is 0.242 e. The molecule has 1 fully saturated rings. The normalized spacial score (nSPS) is 17.6. The van der Waals surface area contributed by atoms with Gasteiger partial charge in [-0.25, -0.2) is 0 Å². The second-order valence-electron chi connectivity index (χ2n) is 7.06. The number of carbonyl (C=O) groups excluding carboxylic acids is 1. The smallest absolute Gasteiger partial charge is 0.242 e. The van der Waals surface area contributed by atoms with Crippen LogP contribution in [-0.4, -0.2) is 46.7 Å². The van der Waals surface area contributed by atoms with E-state index in [-0.39, 0.29) is 30.5 Å². The van der Waals surface area contributed by atoms with Gasteiger partial charge >= 0.3 is 0 Å². The number of carbonyl (C=O) groups is 1. The fourth-order valence-electron chi connectivity index (χ4n) is 3.72. The molecule has 2 aromatic carbocycles. The van der Waals surface area contributed by atoms with Gasteiger partial charge < -0.3 is 9.80 Å². The largest absolute Gasteiger partial charge is 0.346 e. The summed E-state index contributed by atoms with van der Waals surface area (Å²) in [6.07, 6.45) is 0. The predicted molar refractivity (Wildman–Crippen MR) is 103 cm³/mol. The van der Waals surface area contributed by atoms with Crippen molar-refractivity contribution in [3.05, 3.63) is 71.8 Å². The van der Waals surface area contributed by atoms with Gasteiger partial charge in [-0.15, -0.1) is 0 Å². The summed E-state index contributed by atoms with van der Waals surface area (Å²) in [6, 6.07) is 22.6. The van der Waals surface area contributed by atoms with E-state index < -0.39 is 0 Å². The van der Waals surface area contributed by atoms with Crippen LogP contribution in [0.15, 0.2) is 48.5 Å². The molecule has 1 heterocycles. The van der Waals surface area contributed by atoms with E-state index in [2.05, 4.69) is 30.3 Å². The Labute approximate surface area is 155 Å². The topological polar surface area (TPSA) is 47.4 Å². The monoisotopic (exact) mass is 347 g/mol. The van der Waals surface area contributed by atoms with Gasteiger partial charge in [-0.05, 0) is 38.5 Å². The number of amides is 1. The molecule has 26 heavy (non-hydrogen) atoms. The Hall–Kier alpha value is -2.80. The molecule has 0 spiro atoms. The highest BCUT2D eigenvalue weighted by Gasteiger charge is 2.39. The van der Waals surface area contributed by atoms with Gasteiger partial charge in [0.25, 0.3) is 0 Å². The lowest BCUT2D eigenvalue weighted by molar-refractivity contribution is -0.138. The van der Waals surface area contributed by atoms with Crippen LogP contribution in [0.25, 0.3) is 0 Å². The maximum absolute atomic E-state index is 12.6. The number of nitrogens with zero attached hydrogens (tertiary/aromatic N) is 2. The summed E-state index contributed by atoms with van der Waals surface area (Å²) in [7, 11) is 0. The summed E-state index contributed by atoms with van der Waals surface area (Å²) in [5, 5.41) is 8.24. The molecule has 2 aromatic rings. The first kappa shape index (κ1) is 18.0. The van der Waals surface area contributed by atoms with Crippen molar-refractivity contribution >= 4 is 11.7 Å². The minimum absolute atomic E-state index is 0.0120. The lowest BCUT2D eigenvalue weighted by Crippen LogP contribution is -2.60. The number of hydrogen-bond donors (Lipinski definition) is 1. The molecule has 0 saturated carbocycles. The molecule has 1 aliphatic rings. The minimum Gasteiger partial charge on any atom is -0.346 e. The van der Waals surface area contributed by atoms with Crippen LogP contribution in [0.2, 0.25) is 0 Å². The van der Waals surface area contributed by atoms with E-state index in [1.807, 2.05) is 54.0 Å². The zero-order valence-electron chi connectivity index (χ0n) is 15.6. The van der Waals surface area contributed by atoms with Crippen LogP contribution in [-0.2, 0) is 4.79 Å². The van der Waals surface area contributed by atoms with Crippen molar-refractivity contribution in [1.29, 1.82) is 5.41 Å². The van der Waals surface area contributed by atoms with Crippen LogP contribution in [0.3, 0.4) is 0 Å². The molecule has 0 aliphatic carbocycles. The third-order valence-corrected chi connectivity index (χ3v) is 5.01. The quantitative estimate of drug-likeness (QED) is 0.681. The fraction of sp³-hybridized carbons (Fsp3) is 0.364. The third kappa shape index (κ3) is 3.57. The van der Waals surface area contributed by atoms with Gasteiger partial charge in [-0.1, -0.05) is 48.5 Å². The van der Waals surface area contributed by atoms with Crippen molar-refractivity contribution in [2.45, 2.75) is 38.8 Å². The first-order valence-electron chi connectivity index (χ1n) is 9.03. The summed E-state index contributed by atoms with van der Waals surface area (Å²) >= 11 is 0. The summed E-state index contributed by atoms with van der Waals surface area (Å²) in [5.74, 6) is 0.522. The Morgan fingerprint density at radius 2 is 1.92 bits per heavy atom. The van der Waals surface area contributed by atoms with E-state index in [9.17, 15) is 4.79 Å². The van der Waals surface area contributed by atoms with Crippen LogP contribution >= 0.6 is 0 Å². The molecule has 4 heteroatoms. The Bertz CT molecular complexity index is 718. The zero-order chi connectivity index (χ0) is 18.7. The van der Waals surface area contributed by atoms with Crippen molar-refractivity contribution in [2.24, 2.45) is 0 Å². The Morgan fingerprint density at radius 3 is 2.50 bits per heavy atom. The minimum atomic E-state index is -0.0120. The van der Waals surface area contributed by atoms with Crippen molar-refractivity contribution < 1.29 is 4.79 Å². The van der Waals surface area contributed by atoms with Crippen molar-refractivity contribution in [2.75, 3.05) is 13.1 Å². The molecule has 1 unspecified atom stereocenters. The Morgan fingerprint density at radius 1 is 1.19 bits per heavy atom. The number of benzene rings is 1. The first-order valence-corrected chi connectivity index (χ1v) is 9.03. The molecule has 3 rings (SSSR count). The average Bonchev–Trinajstić information content (AvgIpc) is 2.64. The van der Waals surface area contributed by atoms with Gasteiger partial charge in [0.1, 0.15) is 0 Å². The maximum atomic E-state index is 12.6. The van der Waals surface area contributed by atoms with Gasteiger partial charge in [0.05, 0.1) is 18.4 Å². The van der Waals surface area contributed by atoms with Crippen LogP contribution in [0.5, 0.6) is 0 Å². The number of nitrogens with one attached hydrogen (secondary N) is 1. The van der Waals surface area contributed by atoms with Gasteiger partial charge in [0, 0.05) is 24.1 Å². The SMILES string of the molecule is CC(=N)N1CC(=O)N(C(C)C)C[C@@H]1C(c1c#cccc1)c1ccccc1. The highest BCUT2D eigenvalue weighted by atomic mass is 16.2. The molecule has 1 aliphatic heterocycles. The fourth-order valence-corrected chi connectivity index (χ4v) is 3.72. The van der Waals surface area contributed by atoms with E-state index in [0.29, 0.717) is 12.4 Å².